The van der Waals surface area contributed by atoms with Gasteiger partial charge in [-0.2, -0.15) is 5.26 Å². The number of carbonyl (C=O) groups excluding carboxylic acids is 1. The number of aryl methyl sites for hydroxylation is 2. The van der Waals surface area contributed by atoms with E-state index < -0.39 is 11.9 Å². The van der Waals surface area contributed by atoms with Crippen LogP contribution in [0.5, 0.6) is 5.88 Å². The minimum absolute atomic E-state index is 0.0280. The molecule has 2 aromatic heterocycles. The molecule has 0 saturated carbocycles. The Morgan fingerprint density at radius 2 is 2.09 bits per heavy atom. The first-order chi connectivity index (χ1) is 16.4. The third-order valence-corrected chi connectivity index (χ3v) is 5.73. The van der Waals surface area contributed by atoms with E-state index in [-0.39, 0.29) is 18.5 Å². The number of allylic oxidation sites excluding steroid dienone is 1. The quantitative estimate of drug-likeness (QED) is 0.424. The van der Waals surface area contributed by atoms with Gasteiger partial charge in [-0.05, 0) is 39.3 Å². The van der Waals surface area contributed by atoms with Crippen LogP contribution in [-0.2, 0) is 9.53 Å². The van der Waals surface area contributed by atoms with Crippen LogP contribution in [-0.4, -0.2) is 24.2 Å². The molecule has 34 heavy (non-hydrogen) atoms. The highest BCUT2D eigenvalue weighted by molar-refractivity contribution is 5.97. The number of hydrogen-bond donors (Lipinski definition) is 1. The molecule has 4 rings (SSSR count). The van der Waals surface area contributed by atoms with Gasteiger partial charge in [-0.25, -0.2) is 9.78 Å². The summed E-state index contributed by atoms with van der Waals surface area (Å²) in [6.45, 7) is 7.64. The molecule has 3 aromatic rings. The van der Waals surface area contributed by atoms with E-state index in [2.05, 4.69) is 10.3 Å². The van der Waals surface area contributed by atoms with E-state index in [4.69, 9.17) is 19.2 Å². The number of esters is 1. The van der Waals surface area contributed by atoms with Crippen molar-refractivity contribution in [3.8, 4) is 11.9 Å². The van der Waals surface area contributed by atoms with Crippen molar-refractivity contribution >= 4 is 22.6 Å². The first kappa shape index (κ1) is 23.1. The molecule has 174 valence electrons. The van der Waals surface area contributed by atoms with Crippen LogP contribution < -0.4 is 15.5 Å². The van der Waals surface area contributed by atoms with E-state index in [0.29, 0.717) is 51.6 Å². The summed E-state index contributed by atoms with van der Waals surface area (Å²) in [6, 6.07) is 8.72. The Balaban J connectivity index is 2.04. The number of aromatic nitrogens is 1. The van der Waals surface area contributed by atoms with E-state index in [1.165, 1.54) is 6.07 Å². The zero-order valence-electron chi connectivity index (χ0n) is 19.5. The van der Waals surface area contributed by atoms with Crippen molar-refractivity contribution < 1.29 is 18.7 Å². The summed E-state index contributed by atoms with van der Waals surface area (Å²) in [6.07, 6.45) is 1.80. The van der Waals surface area contributed by atoms with Gasteiger partial charge in [-0.1, -0.05) is 12.1 Å². The zero-order valence-corrected chi connectivity index (χ0v) is 19.5. The minimum Gasteiger partial charge on any atom is -0.478 e. The Labute approximate surface area is 196 Å². The van der Waals surface area contributed by atoms with Gasteiger partial charge in [-0.15, -0.1) is 0 Å². The number of ether oxygens (including phenoxy) is 2. The highest BCUT2D eigenvalue weighted by Crippen LogP contribution is 2.48. The summed E-state index contributed by atoms with van der Waals surface area (Å²) in [7, 11) is 0. The Morgan fingerprint density at radius 3 is 2.82 bits per heavy atom. The smallest absolute Gasteiger partial charge is 0.336 e. The minimum atomic E-state index is -0.673. The number of hydrogen-bond acceptors (Lipinski definition) is 8. The van der Waals surface area contributed by atoms with Gasteiger partial charge in [0.1, 0.15) is 18.0 Å². The fraction of sp³-hybridized carbons (Fsp3) is 0.308. The molecule has 0 radical (unpaired) electrons. The van der Waals surface area contributed by atoms with Gasteiger partial charge < -0.3 is 19.2 Å². The summed E-state index contributed by atoms with van der Waals surface area (Å²) in [5.74, 6) is -0.395. The second kappa shape index (κ2) is 9.40. The summed E-state index contributed by atoms with van der Waals surface area (Å²) in [5, 5.41) is 12.6. The lowest BCUT2D eigenvalue weighted by Crippen LogP contribution is -2.26. The van der Waals surface area contributed by atoms with Crippen LogP contribution in [0.3, 0.4) is 0 Å². The number of pyridine rings is 1. The Morgan fingerprint density at radius 1 is 1.29 bits per heavy atom. The lowest BCUT2D eigenvalue weighted by atomic mass is 9.79. The summed E-state index contributed by atoms with van der Waals surface area (Å²) in [4.78, 5) is 30.5. The summed E-state index contributed by atoms with van der Waals surface area (Å²) < 4.78 is 17.3. The number of anilines is 1. The largest absolute Gasteiger partial charge is 0.478 e. The third-order valence-electron chi connectivity index (χ3n) is 5.73. The second-order valence-corrected chi connectivity index (χ2v) is 8.05. The summed E-state index contributed by atoms with van der Waals surface area (Å²) in [5.41, 5.74) is 4.11. The van der Waals surface area contributed by atoms with Crippen LogP contribution in [0.25, 0.3) is 11.0 Å². The molecule has 0 bridgehead atoms. The molecule has 8 heteroatoms. The maximum absolute atomic E-state index is 13.3. The average molecular weight is 460 g/mol. The average Bonchev–Trinajstić information content (AvgIpc) is 2.80. The van der Waals surface area contributed by atoms with E-state index in [0.717, 1.165) is 11.3 Å². The molecule has 3 heterocycles. The van der Waals surface area contributed by atoms with Crippen molar-refractivity contribution in [2.45, 2.75) is 40.0 Å². The van der Waals surface area contributed by atoms with Gasteiger partial charge in [0.15, 0.2) is 5.43 Å². The molecule has 1 N–H and O–H groups in total. The van der Waals surface area contributed by atoms with Crippen molar-refractivity contribution in [2.75, 3.05) is 18.5 Å². The number of carbonyl (C=O) groups is 1. The van der Waals surface area contributed by atoms with Gasteiger partial charge in [0.2, 0.25) is 5.88 Å². The predicted molar refractivity (Wildman–Crippen MR) is 127 cm³/mol. The topological polar surface area (TPSA) is 114 Å². The molecule has 1 aliphatic rings. The van der Waals surface area contributed by atoms with Crippen LogP contribution in [0.4, 0.5) is 5.69 Å². The van der Waals surface area contributed by atoms with Gasteiger partial charge in [0.05, 0.1) is 47.2 Å². The number of fused-ring (bicyclic) bond motifs is 2. The van der Waals surface area contributed by atoms with Crippen molar-refractivity contribution in [3.05, 3.63) is 74.4 Å². The molecule has 8 nitrogen and oxygen atoms in total. The molecular weight excluding hydrogens is 434 g/mol. The highest BCUT2D eigenvalue weighted by Gasteiger charge is 2.38. The monoisotopic (exact) mass is 459 g/mol. The standard InChI is InChI=1S/C26H25N3O5/c1-5-32-25-22-21(18-9-6-8-17-19(30)12-15(3)34-24(17)18)20(26(31)33-11-7-10-27)16(4)29-23(22)14(2)13-28-25/h6,8-9,12-13,21,29H,5,7,11H2,1-4H3. The number of benzene rings is 1. The van der Waals surface area contributed by atoms with Crippen LogP contribution in [0, 0.1) is 25.2 Å². The van der Waals surface area contributed by atoms with Crippen LogP contribution >= 0.6 is 0 Å². The number of para-hydroxylation sites is 1. The molecule has 0 aliphatic carbocycles. The lowest BCUT2D eigenvalue weighted by molar-refractivity contribution is -0.139. The fourth-order valence-corrected chi connectivity index (χ4v) is 4.30. The molecular formula is C26H25N3O5. The fourth-order valence-electron chi connectivity index (χ4n) is 4.30. The molecule has 1 aromatic carbocycles. The molecule has 1 atom stereocenters. The maximum Gasteiger partial charge on any atom is 0.336 e. The Bertz CT molecular complexity index is 1410. The van der Waals surface area contributed by atoms with Crippen molar-refractivity contribution in [1.82, 2.24) is 4.98 Å². The van der Waals surface area contributed by atoms with E-state index in [9.17, 15) is 9.59 Å². The SMILES string of the molecule is CCOc1ncc(C)c2c1C(c1cccc3c(=O)cc(C)oc13)C(C(=O)OCCC#N)=C(C)N2. The molecule has 1 aliphatic heterocycles. The van der Waals surface area contributed by atoms with Crippen molar-refractivity contribution in [3.63, 3.8) is 0 Å². The molecule has 1 unspecified atom stereocenters. The number of nitrogens with one attached hydrogen (secondary N) is 1. The van der Waals surface area contributed by atoms with E-state index in [1.54, 1.807) is 32.2 Å². The van der Waals surface area contributed by atoms with Gasteiger partial charge in [0, 0.05) is 23.5 Å². The number of rotatable bonds is 6. The van der Waals surface area contributed by atoms with Crippen LogP contribution in [0.2, 0.25) is 0 Å². The van der Waals surface area contributed by atoms with Gasteiger partial charge >= 0.3 is 5.97 Å². The third kappa shape index (κ3) is 4.01. The van der Waals surface area contributed by atoms with Crippen molar-refractivity contribution in [2.24, 2.45) is 0 Å². The Hall–Kier alpha value is -4.12. The van der Waals surface area contributed by atoms with Gasteiger partial charge in [0.25, 0.3) is 0 Å². The lowest BCUT2D eigenvalue weighted by Gasteiger charge is -2.32. The second-order valence-electron chi connectivity index (χ2n) is 8.05. The molecule has 0 saturated heterocycles. The first-order valence-corrected chi connectivity index (χ1v) is 11.0. The predicted octanol–water partition coefficient (Wildman–Crippen LogP) is 4.49. The normalized spacial score (nSPS) is 14.9. The van der Waals surface area contributed by atoms with Crippen molar-refractivity contribution in [1.29, 1.82) is 5.26 Å². The van der Waals surface area contributed by atoms with Crippen LogP contribution in [0.15, 0.2) is 50.9 Å². The number of nitriles is 1. The highest BCUT2D eigenvalue weighted by atomic mass is 16.5. The Kier molecular flexibility index (Phi) is 6.37. The molecule has 0 fully saturated rings. The first-order valence-electron chi connectivity index (χ1n) is 11.0. The number of nitrogens with zero attached hydrogens (tertiary/aromatic N) is 2. The summed E-state index contributed by atoms with van der Waals surface area (Å²) >= 11 is 0. The zero-order chi connectivity index (χ0) is 24.4. The van der Waals surface area contributed by atoms with Gasteiger partial charge in [-0.3, -0.25) is 4.79 Å². The van der Waals surface area contributed by atoms with Crippen LogP contribution in [0.1, 0.15) is 48.6 Å². The van der Waals surface area contributed by atoms with E-state index >= 15 is 0 Å². The maximum atomic E-state index is 13.3. The molecule has 0 spiro atoms. The molecule has 0 amide bonds. The van der Waals surface area contributed by atoms with E-state index in [1.807, 2.05) is 26.0 Å².